The number of benzene rings is 1. The third-order valence-corrected chi connectivity index (χ3v) is 3.12. The van der Waals surface area contributed by atoms with Crippen LogP contribution in [0.5, 0.6) is 0 Å². The summed E-state index contributed by atoms with van der Waals surface area (Å²) in [6.07, 6.45) is 0. The molecule has 1 atom stereocenters. The highest BCUT2D eigenvalue weighted by Gasteiger charge is 2.17. The van der Waals surface area contributed by atoms with E-state index in [9.17, 15) is 4.39 Å². The minimum absolute atomic E-state index is 0.0496. The lowest BCUT2D eigenvalue weighted by atomic mass is 10.2. The van der Waals surface area contributed by atoms with E-state index in [1.54, 1.807) is 18.2 Å². The third kappa shape index (κ3) is 2.59. The quantitative estimate of drug-likeness (QED) is 0.941. The summed E-state index contributed by atoms with van der Waals surface area (Å²) in [5, 5.41) is 10.9. The Bertz CT molecular complexity index is 544. The van der Waals surface area contributed by atoms with Gasteiger partial charge < -0.3 is 9.73 Å². The highest BCUT2D eigenvalue weighted by Crippen LogP contribution is 2.27. The normalized spacial score (nSPS) is 12.7. The van der Waals surface area contributed by atoms with Crippen LogP contribution in [-0.4, -0.2) is 16.7 Å². The summed E-state index contributed by atoms with van der Waals surface area (Å²) < 4.78 is 19.7. The van der Waals surface area contributed by atoms with Crippen molar-refractivity contribution in [2.45, 2.75) is 19.9 Å². The zero-order chi connectivity index (χ0) is 13.1. The van der Waals surface area contributed by atoms with Crippen molar-refractivity contribution in [1.82, 2.24) is 15.5 Å². The van der Waals surface area contributed by atoms with Crippen LogP contribution in [-0.2, 0) is 0 Å². The van der Waals surface area contributed by atoms with Crippen LogP contribution < -0.4 is 5.32 Å². The Balaban J connectivity index is 2.32. The monoisotopic (exact) mass is 313 g/mol. The highest BCUT2D eigenvalue weighted by molar-refractivity contribution is 9.10. The van der Waals surface area contributed by atoms with Gasteiger partial charge in [-0.3, -0.25) is 0 Å². The van der Waals surface area contributed by atoms with Crippen molar-refractivity contribution in [2.24, 2.45) is 0 Å². The van der Waals surface area contributed by atoms with E-state index in [-0.39, 0.29) is 11.9 Å². The summed E-state index contributed by atoms with van der Waals surface area (Å²) in [6.45, 7) is 4.70. The smallest absolute Gasteiger partial charge is 0.250 e. The van der Waals surface area contributed by atoms with Crippen LogP contribution in [0.2, 0.25) is 0 Å². The Labute approximate surface area is 113 Å². The van der Waals surface area contributed by atoms with Gasteiger partial charge in [0, 0.05) is 0 Å². The van der Waals surface area contributed by atoms with Gasteiger partial charge in [-0.1, -0.05) is 13.0 Å². The van der Waals surface area contributed by atoms with E-state index >= 15 is 0 Å². The first-order chi connectivity index (χ1) is 8.63. The molecule has 0 saturated heterocycles. The Morgan fingerprint density at radius 3 is 2.94 bits per heavy atom. The number of hydrogen-bond acceptors (Lipinski definition) is 4. The molecule has 6 heteroatoms. The Kier molecular flexibility index (Phi) is 4.08. The highest BCUT2D eigenvalue weighted by atomic mass is 79.9. The Morgan fingerprint density at radius 2 is 2.22 bits per heavy atom. The molecule has 1 aromatic heterocycles. The van der Waals surface area contributed by atoms with E-state index in [0.717, 1.165) is 6.54 Å². The van der Waals surface area contributed by atoms with Crippen LogP contribution in [0.1, 0.15) is 25.8 Å². The van der Waals surface area contributed by atoms with Crippen molar-refractivity contribution in [3.63, 3.8) is 0 Å². The number of nitrogens with one attached hydrogen (secondary N) is 1. The molecule has 1 unspecified atom stereocenters. The molecule has 1 N–H and O–H groups in total. The van der Waals surface area contributed by atoms with Crippen LogP contribution in [0.4, 0.5) is 4.39 Å². The molecule has 0 spiro atoms. The van der Waals surface area contributed by atoms with Crippen molar-refractivity contribution in [1.29, 1.82) is 0 Å². The molecule has 1 heterocycles. The molecular weight excluding hydrogens is 301 g/mol. The fourth-order valence-electron chi connectivity index (χ4n) is 1.58. The second-order valence-electron chi connectivity index (χ2n) is 3.83. The molecule has 96 valence electrons. The van der Waals surface area contributed by atoms with Crippen molar-refractivity contribution in [2.75, 3.05) is 6.54 Å². The van der Waals surface area contributed by atoms with Gasteiger partial charge in [-0.15, -0.1) is 10.2 Å². The van der Waals surface area contributed by atoms with E-state index in [0.29, 0.717) is 15.9 Å². The molecule has 0 aliphatic heterocycles. The first-order valence-corrected chi connectivity index (χ1v) is 6.44. The van der Waals surface area contributed by atoms with Gasteiger partial charge in [0.1, 0.15) is 5.82 Å². The van der Waals surface area contributed by atoms with E-state index in [2.05, 4.69) is 31.4 Å². The molecule has 4 nitrogen and oxygen atoms in total. The van der Waals surface area contributed by atoms with E-state index in [1.165, 1.54) is 0 Å². The van der Waals surface area contributed by atoms with Gasteiger partial charge in [0.25, 0.3) is 5.89 Å². The van der Waals surface area contributed by atoms with Crippen LogP contribution in [0.25, 0.3) is 11.5 Å². The van der Waals surface area contributed by atoms with Crippen LogP contribution in [0, 0.1) is 5.82 Å². The summed E-state index contributed by atoms with van der Waals surface area (Å²) >= 11 is 3.13. The fourth-order valence-corrected chi connectivity index (χ4v) is 1.95. The molecule has 2 rings (SSSR count). The third-order valence-electron chi connectivity index (χ3n) is 2.50. The van der Waals surface area contributed by atoms with Crippen molar-refractivity contribution >= 4 is 15.9 Å². The van der Waals surface area contributed by atoms with Crippen LogP contribution >= 0.6 is 15.9 Å². The van der Waals surface area contributed by atoms with Gasteiger partial charge in [-0.2, -0.15) is 0 Å². The van der Waals surface area contributed by atoms with Gasteiger partial charge in [0.2, 0.25) is 5.89 Å². The Morgan fingerprint density at radius 1 is 1.44 bits per heavy atom. The lowest BCUT2D eigenvalue weighted by Crippen LogP contribution is -2.17. The van der Waals surface area contributed by atoms with Gasteiger partial charge in [0.05, 0.1) is 16.1 Å². The maximum atomic E-state index is 13.9. The predicted molar refractivity (Wildman–Crippen MR) is 69.5 cm³/mol. The number of rotatable bonds is 4. The number of hydrogen-bond donors (Lipinski definition) is 1. The summed E-state index contributed by atoms with van der Waals surface area (Å²) in [7, 11) is 0. The molecule has 0 bridgehead atoms. The zero-order valence-electron chi connectivity index (χ0n) is 10.1. The van der Waals surface area contributed by atoms with Crippen LogP contribution in [0.3, 0.4) is 0 Å². The van der Waals surface area contributed by atoms with E-state index < -0.39 is 5.82 Å². The van der Waals surface area contributed by atoms with Crippen LogP contribution in [0.15, 0.2) is 27.1 Å². The van der Waals surface area contributed by atoms with Gasteiger partial charge >= 0.3 is 0 Å². The largest absolute Gasteiger partial charge is 0.419 e. The zero-order valence-corrected chi connectivity index (χ0v) is 11.7. The molecule has 2 aromatic rings. The number of aromatic nitrogens is 2. The molecule has 0 amide bonds. The number of halogens is 2. The molecule has 0 radical (unpaired) electrons. The van der Waals surface area contributed by atoms with E-state index in [1.807, 2.05) is 13.8 Å². The first-order valence-electron chi connectivity index (χ1n) is 5.64. The lowest BCUT2D eigenvalue weighted by molar-refractivity contribution is 0.427. The second kappa shape index (κ2) is 5.58. The molecule has 1 aromatic carbocycles. The Hall–Kier alpha value is -1.27. The van der Waals surface area contributed by atoms with Gasteiger partial charge in [0.15, 0.2) is 0 Å². The first kappa shape index (κ1) is 13.2. The standard InChI is InChI=1S/C12H13BrFN3O/c1-3-15-7(2)11-16-17-12(18-11)8-5-4-6-9(13)10(8)14/h4-7,15H,3H2,1-2H3. The molecule has 0 saturated carbocycles. The maximum Gasteiger partial charge on any atom is 0.250 e. The van der Waals surface area contributed by atoms with Gasteiger partial charge in [-0.05, 0) is 41.5 Å². The molecule has 0 fully saturated rings. The summed E-state index contributed by atoms with van der Waals surface area (Å²) in [5.41, 5.74) is 0.298. The molecule has 18 heavy (non-hydrogen) atoms. The maximum absolute atomic E-state index is 13.9. The topological polar surface area (TPSA) is 51.0 Å². The fraction of sp³-hybridized carbons (Fsp3) is 0.333. The van der Waals surface area contributed by atoms with Crippen molar-refractivity contribution in [3.8, 4) is 11.5 Å². The SMILES string of the molecule is CCNC(C)c1nnc(-c2cccc(Br)c2F)o1. The summed E-state index contributed by atoms with van der Waals surface area (Å²) in [5.74, 6) is 0.239. The number of nitrogens with zero attached hydrogens (tertiary/aromatic N) is 2. The molecule has 0 aliphatic carbocycles. The lowest BCUT2D eigenvalue weighted by Gasteiger charge is -2.05. The minimum Gasteiger partial charge on any atom is -0.419 e. The van der Waals surface area contributed by atoms with E-state index in [4.69, 9.17) is 4.42 Å². The second-order valence-corrected chi connectivity index (χ2v) is 4.68. The molecular formula is C12H13BrFN3O. The van der Waals surface area contributed by atoms with Crippen molar-refractivity contribution < 1.29 is 8.81 Å². The van der Waals surface area contributed by atoms with Crippen molar-refractivity contribution in [3.05, 3.63) is 34.4 Å². The molecule has 0 aliphatic rings. The average molecular weight is 314 g/mol. The average Bonchev–Trinajstić information content (AvgIpc) is 2.82. The van der Waals surface area contributed by atoms with Gasteiger partial charge in [-0.25, -0.2) is 4.39 Å². The summed E-state index contributed by atoms with van der Waals surface area (Å²) in [4.78, 5) is 0. The summed E-state index contributed by atoms with van der Waals surface area (Å²) in [6, 6.07) is 4.90. The predicted octanol–water partition coefficient (Wildman–Crippen LogP) is 3.31. The minimum atomic E-state index is -0.399.